The van der Waals surface area contributed by atoms with Crippen LogP contribution in [-0.2, 0) is 37.7 Å². The Morgan fingerprint density at radius 1 is 1.10 bits per heavy atom. The van der Waals surface area contributed by atoms with Crippen molar-refractivity contribution in [1.82, 2.24) is 9.80 Å². The lowest BCUT2D eigenvalue weighted by Gasteiger charge is -2.31. The molecule has 0 radical (unpaired) electrons. The van der Waals surface area contributed by atoms with Crippen molar-refractivity contribution in [3.8, 4) is 0 Å². The number of amides is 4. The summed E-state index contributed by atoms with van der Waals surface area (Å²) in [6.07, 6.45) is -5.53. The Morgan fingerprint density at radius 2 is 1.75 bits per heavy atom. The van der Waals surface area contributed by atoms with E-state index in [0.717, 1.165) is 19.1 Å². The third-order valence-electron chi connectivity index (χ3n) is 7.12. The van der Waals surface area contributed by atoms with Crippen LogP contribution in [0.3, 0.4) is 0 Å². The van der Waals surface area contributed by atoms with Gasteiger partial charge in [-0.3, -0.25) is 14.4 Å². The van der Waals surface area contributed by atoms with Gasteiger partial charge >= 0.3 is 12.3 Å². The number of imide groups is 1. The molecular formula is C28H29F4N3O5. The molecule has 4 rings (SSSR count). The van der Waals surface area contributed by atoms with Crippen molar-refractivity contribution in [2.45, 2.75) is 64.9 Å². The standard InChI is InChI=1S/C28H29F4N3O5/c1-16(28(30,31)32)34(14-17-5-7-19(29)8-6-17)22(36)15-35-24(38)27(40-25(35)39)12-11-18-13-20(9-10-21(18)27)33-23(37)26(2,3)4/h5-10,13,16H,11-12,14-15H2,1-4H3,(H,33,37)/t16-,27?/m0/s1. The molecule has 2 aliphatic rings. The topological polar surface area (TPSA) is 96.0 Å². The number of fused-ring (bicyclic) bond motifs is 2. The molecule has 1 saturated heterocycles. The SMILES string of the molecule is C[C@H](N(Cc1ccc(F)cc1)C(=O)CN1C(=O)OC2(CCc3cc(NC(=O)C(C)(C)C)ccc32)C1=O)C(F)(F)F. The van der Waals surface area contributed by atoms with Crippen molar-refractivity contribution >= 4 is 29.5 Å². The lowest BCUT2D eigenvalue weighted by molar-refractivity contribution is -0.187. The number of anilines is 1. The maximum Gasteiger partial charge on any atom is 0.418 e. The number of halogens is 4. The van der Waals surface area contributed by atoms with E-state index in [0.29, 0.717) is 33.0 Å². The van der Waals surface area contributed by atoms with Gasteiger partial charge in [0.15, 0.2) is 0 Å². The van der Waals surface area contributed by atoms with Gasteiger partial charge in [-0.1, -0.05) is 39.0 Å². The second kappa shape index (κ2) is 10.2. The van der Waals surface area contributed by atoms with Gasteiger partial charge in [0, 0.05) is 29.6 Å². The molecule has 214 valence electrons. The fraction of sp³-hybridized carbons (Fsp3) is 0.429. The third kappa shape index (κ3) is 5.52. The Morgan fingerprint density at radius 3 is 2.35 bits per heavy atom. The first kappa shape index (κ1) is 29.0. The molecule has 2 aromatic carbocycles. The van der Waals surface area contributed by atoms with Gasteiger partial charge in [-0.05, 0) is 48.7 Å². The highest BCUT2D eigenvalue weighted by atomic mass is 19.4. The number of benzene rings is 2. The van der Waals surface area contributed by atoms with Gasteiger partial charge in [-0.15, -0.1) is 0 Å². The van der Waals surface area contributed by atoms with Crippen LogP contribution in [0.2, 0.25) is 0 Å². The Hall–Kier alpha value is -3.96. The highest BCUT2D eigenvalue weighted by Crippen LogP contribution is 2.46. The number of nitrogens with zero attached hydrogens (tertiary/aromatic N) is 2. The summed E-state index contributed by atoms with van der Waals surface area (Å²) in [5.41, 5.74) is -0.574. The van der Waals surface area contributed by atoms with Crippen LogP contribution < -0.4 is 5.32 Å². The first-order valence-electron chi connectivity index (χ1n) is 12.6. The molecule has 1 aliphatic carbocycles. The molecule has 1 unspecified atom stereocenters. The Balaban J connectivity index is 1.55. The average molecular weight is 564 g/mol. The maximum atomic E-state index is 13.6. The molecule has 1 aliphatic heterocycles. The second-order valence-electron chi connectivity index (χ2n) is 11.0. The zero-order valence-electron chi connectivity index (χ0n) is 22.4. The van der Waals surface area contributed by atoms with Gasteiger partial charge in [0.2, 0.25) is 17.4 Å². The van der Waals surface area contributed by atoms with Crippen molar-refractivity contribution in [1.29, 1.82) is 0 Å². The molecule has 4 amide bonds. The molecule has 1 heterocycles. The largest absolute Gasteiger partial charge is 0.427 e. The monoisotopic (exact) mass is 563 g/mol. The number of aryl methyl sites for hydroxylation is 1. The number of alkyl halides is 3. The van der Waals surface area contributed by atoms with E-state index >= 15 is 0 Å². The Labute approximate surface area is 228 Å². The van der Waals surface area contributed by atoms with Crippen LogP contribution in [0.4, 0.5) is 28.0 Å². The number of hydrogen-bond donors (Lipinski definition) is 1. The molecule has 0 bridgehead atoms. The summed E-state index contributed by atoms with van der Waals surface area (Å²) in [5.74, 6) is -2.79. The van der Waals surface area contributed by atoms with Gasteiger partial charge < -0.3 is 15.0 Å². The summed E-state index contributed by atoms with van der Waals surface area (Å²) >= 11 is 0. The highest BCUT2D eigenvalue weighted by Gasteiger charge is 2.58. The molecule has 2 atom stereocenters. The molecule has 12 heteroatoms. The Bertz CT molecular complexity index is 1350. The van der Waals surface area contributed by atoms with Crippen LogP contribution in [0.15, 0.2) is 42.5 Å². The minimum absolute atomic E-state index is 0.0759. The zero-order chi connectivity index (χ0) is 29.6. The quantitative estimate of drug-likeness (QED) is 0.504. The lowest BCUT2D eigenvalue weighted by atomic mass is 9.94. The summed E-state index contributed by atoms with van der Waals surface area (Å²) in [4.78, 5) is 52.8. The van der Waals surface area contributed by atoms with Gasteiger partial charge in [0.25, 0.3) is 5.91 Å². The predicted octanol–water partition coefficient (Wildman–Crippen LogP) is 4.91. The van der Waals surface area contributed by atoms with E-state index in [9.17, 15) is 36.7 Å². The summed E-state index contributed by atoms with van der Waals surface area (Å²) < 4.78 is 59.7. The van der Waals surface area contributed by atoms with Gasteiger partial charge in [-0.25, -0.2) is 14.1 Å². The summed E-state index contributed by atoms with van der Waals surface area (Å²) in [5, 5.41) is 2.80. The number of nitrogens with one attached hydrogen (secondary N) is 1. The molecule has 0 saturated carbocycles. The summed E-state index contributed by atoms with van der Waals surface area (Å²) in [6.45, 7) is 4.58. The molecule has 1 fully saturated rings. The van der Waals surface area contributed by atoms with Gasteiger partial charge in [-0.2, -0.15) is 13.2 Å². The maximum absolute atomic E-state index is 13.6. The van der Waals surface area contributed by atoms with Crippen molar-refractivity contribution in [2.24, 2.45) is 5.41 Å². The van der Waals surface area contributed by atoms with E-state index in [-0.39, 0.29) is 17.9 Å². The number of rotatable bonds is 6. The van der Waals surface area contributed by atoms with E-state index in [4.69, 9.17) is 4.74 Å². The molecule has 1 spiro atoms. The minimum atomic E-state index is -4.79. The zero-order valence-corrected chi connectivity index (χ0v) is 22.4. The molecular weight excluding hydrogens is 534 g/mol. The fourth-order valence-corrected chi connectivity index (χ4v) is 4.68. The number of carbonyl (C=O) groups excluding carboxylic acids is 4. The van der Waals surface area contributed by atoms with Crippen molar-refractivity contribution in [2.75, 3.05) is 11.9 Å². The molecule has 8 nitrogen and oxygen atoms in total. The van der Waals surface area contributed by atoms with Crippen LogP contribution in [0.1, 0.15) is 50.8 Å². The summed E-state index contributed by atoms with van der Waals surface area (Å²) in [7, 11) is 0. The van der Waals surface area contributed by atoms with Gasteiger partial charge in [0.1, 0.15) is 18.4 Å². The number of hydrogen-bond acceptors (Lipinski definition) is 5. The molecule has 1 N–H and O–H groups in total. The van der Waals surface area contributed by atoms with Gasteiger partial charge in [0.05, 0.1) is 0 Å². The van der Waals surface area contributed by atoms with Crippen molar-refractivity contribution in [3.63, 3.8) is 0 Å². The summed E-state index contributed by atoms with van der Waals surface area (Å²) in [6, 6.07) is 7.16. The van der Waals surface area contributed by atoms with Crippen LogP contribution >= 0.6 is 0 Å². The average Bonchev–Trinajstić information content (AvgIpc) is 3.34. The van der Waals surface area contributed by atoms with Crippen LogP contribution in [-0.4, -0.2) is 52.4 Å². The Kier molecular flexibility index (Phi) is 7.42. The van der Waals surface area contributed by atoms with Crippen molar-refractivity contribution in [3.05, 3.63) is 65.0 Å². The lowest BCUT2D eigenvalue weighted by Crippen LogP contribution is -2.51. The van der Waals surface area contributed by atoms with E-state index in [1.165, 1.54) is 12.1 Å². The molecule has 2 aromatic rings. The smallest absolute Gasteiger partial charge is 0.418 e. The predicted molar refractivity (Wildman–Crippen MR) is 135 cm³/mol. The first-order chi connectivity index (χ1) is 18.5. The van der Waals surface area contributed by atoms with Crippen LogP contribution in [0.25, 0.3) is 0 Å². The van der Waals surface area contributed by atoms with Crippen molar-refractivity contribution < 1.29 is 41.5 Å². The molecule has 40 heavy (non-hydrogen) atoms. The van der Waals surface area contributed by atoms with Crippen LogP contribution in [0.5, 0.6) is 0 Å². The van der Waals surface area contributed by atoms with E-state index in [2.05, 4.69) is 5.32 Å². The van der Waals surface area contributed by atoms with E-state index in [1.807, 2.05) is 0 Å². The highest BCUT2D eigenvalue weighted by molar-refractivity contribution is 6.06. The van der Waals surface area contributed by atoms with E-state index in [1.54, 1.807) is 39.0 Å². The number of ether oxygens (including phenoxy) is 1. The second-order valence-corrected chi connectivity index (χ2v) is 11.0. The first-order valence-corrected chi connectivity index (χ1v) is 12.6. The fourth-order valence-electron chi connectivity index (χ4n) is 4.68. The normalized spacial score (nSPS) is 19.4. The number of carbonyl (C=O) groups is 4. The van der Waals surface area contributed by atoms with Crippen LogP contribution in [0, 0.1) is 11.2 Å². The van der Waals surface area contributed by atoms with E-state index < -0.39 is 60.0 Å². The minimum Gasteiger partial charge on any atom is -0.427 e. The molecule has 0 aromatic heterocycles. The third-order valence-corrected chi connectivity index (χ3v) is 7.12.